The highest BCUT2D eigenvalue weighted by Gasteiger charge is 2.16. The molecular weight excluding hydrogens is 244 g/mol. The van der Waals surface area contributed by atoms with E-state index in [0.29, 0.717) is 0 Å². The fourth-order valence-electron chi connectivity index (χ4n) is 2.40. The number of aromatic nitrogens is 1. The van der Waals surface area contributed by atoms with Crippen molar-refractivity contribution in [2.24, 2.45) is 0 Å². The van der Waals surface area contributed by atoms with Gasteiger partial charge in [-0.15, -0.1) is 11.3 Å². The Morgan fingerprint density at radius 1 is 1.39 bits per heavy atom. The van der Waals surface area contributed by atoms with Crippen LogP contribution in [0.1, 0.15) is 17.7 Å². The predicted octanol–water partition coefficient (Wildman–Crippen LogP) is 2.90. The van der Waals surface area contributed by atoms with Gasteiger partial charge < -0.3 is 10.0 Å². The smallest absolute Gasteiger partial charge is 0.0837 e. The number of anilines is 1. The zero-order chi connectivity index (χ0) is 12.4. The van der Waals surface area contributed by atoms with Crippen LogP contribution in [0.3, 0.4) is 0 Å². The number of aliphatic hydroxyl groups excluding tert-OH is 1. The molecule has 0 spiro atoms. The van der Waals surface area contributed by atoms with E-state index in [9.17, 15) is 0 Å². The molecule has 3 heterocycles. The molecule has 0 saturated carbocycles. The van der Waals surface area contributed by atoms with Gasteiger partial charge in [-0.25, -0.2) is 0 Å². The highest BCUT2D eigenvalue weighted by molar-refractivity contribution is 7.20. The lowest BCUT2D eigenvalue weighted by atomic mass is 10.3. The summed E-state index contributed by atoms with van der Waals surface area (Å²) in [4.78, 5) is 8.02. The van der Waals surface area contributed by atoms with E-state index in [1.54, 1.807) is 17.4 Å². The van der Waals surface area contributed by atoms with Crippen molar-refractivity contribution in [1.29, 1.82) is 0 Å². The molecule has 1 N–H and O–H groups in total. The second-order valence-corrected chi connectivity index (χ2v) is 5.56. The quantitative estimate of drug-likeness (QED) is 0.922. The van der Waals surface area contributed by atoms with Crippen molar-refractivity contribution in [3.05, 3.63) is 29.3 Å². The second-order valence-electron chi connectivity index (χ2n) is 4.47. The molecule has 0 bridgehead atoms. The molecule has 3 rings (SSSR count). The van der Waals surface area contributed by atoms with Crippen LogP contribution in [-0.2, 0) is 0 Å². The van der Waals surface area contributed by atoms with Crippen molar-refractivity contribution in [2.45, 2.75) is 12.8 Å². The summed E-state index contributed by atoms with van der Waals surface area (Å²) in [6.45, 7) is 2.39. The van der Waals surface area contributed by atoms with Crippen molar-refractivity contribution >= 4 is 33.3 Å². The fraction of sp³-hybridized carbons (Fsp3) is 0.357. The minimum Gasteiger partial charge on any atom is -0.392 e. The topological polar surface area (TPSA) is 36.4 Å². The molecule has 2 aromatic heterocycles. The number of fused-ring (bicyclic) bond motifs is 1. The van der Waals surface area contributed by atoms with Gasteiger partial charge in [0.25, 0.3) is 0 Å². The summed E-state index contributed by atoms with van der Waals surface area (Å²) in [7, 11) is 0. The molecule has 94 valence electrons. The number of thiophene rings is 1. The summed E-state index contributed by atoms with van der Waals surface area (Å²) in [6, 6.07) is 4.20. The molecule has 1 saturated heterocycles. The van der Waals surface area contributed by atoms with E-state index in [1.807, 2.05) is 12.3 Å². The van der Waals surface area contributed by atoms with Gasteiger partial charge in [0.15, 0.2) is 0 Å². The Bertz CT molecular complexity index is 570. The molecule has 3 nitrogen and oxygen atoms in total. The third-order valence-electron chi connectivity index (χ3n) is 3.24. The second kappa shape index (κ2) is 5.08. The molecule has 4 heteroatoms. The fourth-order valence-corrected chi connectivity index (χ4v) is 3.49. The molecule has 0 radical (unpaired) electrons. The van der Waals surface area contributed by atoms with E-state index in [2.05, 4.69) is 22.0 Å². The van der Waals surface area contributed by atoms with E-state index < -0.39 is 0 Å². The van der Waals surface area contributed by atoms with Gasteiger partial charge in [-0.05, 0) is 31.1 Å². The number of aliphatic hydroxyl groups is 1. The number of hydrogen-bond donors (Lipinski definition) is 1. The van der Waals surface area contributed by atoms with Crippen LogP contribution in [0, 0.1) is 0 Å². The van der Waals surface area contributed by atoms with Gasteiger partial charge in [-0.3, -0.25) is 4.98 Å². The third kappa shape index (κ3) is 2.13. The van der Waals surface area contributed by atoms with Crippen LogP contribution >= 0.6 is 11.3 Å². The maximum Gasteiger partial charge on any atom is 0.0837 e. The molecule has 1 aliphatic rings. The van der Waals surface area contributed by atoms with Crippen LogP contribution in [-0.4, -0.2) is 29.8 Å². The molecular formula is C14H16N2OS. The zero-order valence-electron chi connectivity index (χ0n) is 10.2. The van der Waals surface area contributed by atoms with Gasteiger partial charge in [-0.1, -0.05) is 6.08 Å². The SMILES string of the molecule is OC/C=C/c1cc2nccc(N3CCCC3)c2s1. The largest absolute Gasteiger partial charge is 0.392 e. The van der Waals surface area contributed by atoms with Crippen LogP contribution in [0.15, 0.2) is 24.4 Å². The Balaban J connectivity index is 2.03. The predicted molar refractivity (Wildman–Crippen MR) is 77.2 cm³/mol. The highest BCUT2D eigenvalue weighted by atomic mass is 32.1. The third-order valence-corrected chi connectivity index (χ3v) is 4.36. The standard InChI is InChI=1S/C14H16N2OS/c17-9-3-4-11-10-12-14(18-11)13(5-6-15-12)16-7-1-2-8-16/h3-6,10,17H,1-2,7-9H2/b4-3+. The molecule has 1 aliphatic heterocycles. The van der Waals surface area contributed by atoms with Crippen molar-refractivity contribution in [3.8, 4) is 0 Å². The van der Waals surface area contributed by atoms with Crippen molar-refractivity contribution in [1.82, 2.24) is 4.98 Å². The number of nitrogens with zero attached hydrogens (tertiary/aromatic N) is 2. The molecule has 0 aromatic carbocycles. The van der Waals surface area contributed by atoms with Crippen LogP contribution in [0.4, 0.5) is 5.69 Å². The van der Waals surface area contributed by atoms with Crippen molar-refractivity contribution in [2.75, 3.05) is 24.6 Å². The maximum atomic E-state index is 8.82. The first-order chi connectivity index (χ1) is 8.88. The molecule has 2 aromatic rings. The summed E-state index contributed by atoms with van der Waals surface area (Å²) < 4.78 is 1.26. The summed E-state index contributed by atoms with van der Waals surface area (Å²) >= 11 is 1.75. The average Bonchev–Trinajstić information content (AvgIpc) is 3.04. The summed E-state index contributed by atoms with van der Waals surface area (Å²) in [6.07, 6.45) is 8.18. The van der Waals surface area contributed by atoms with Crippen molar-refractivity contribution < 1.29 is 5.11 Å². The minimum atomic E-state index is 0.0840. The monoisotopic (exact) mass is 260 g/mol. The van der Waals surface area contributed by atoms with E-state index in [0.717, 1.165) is 23.5 Å². The van der Waals surface area contributed by atoms with E-state index in [-0.39, 0.29) is 6.61 Å². The van der Waals surface area contributed by atoms with Crippen LogP contribution < -0.4 is 4.90 Å². The Hall–Kier alpha value is -1.39. The van der Waals surface area contributed by atoms with Gasteiger partial charge in [0.05, 0.1) is 22.5 Å². The average molecular weight is 260 g/mol. The summed E-state index contributed by atoms with van der Waals surface area (Å²) in [5.41, 5.74) is 2.37. The van der Waals surface area contributed by atoms with E-state index >= 15 is 0 Å². The van der Waals surface area contributed by atoms with Gasteiger partial charge in [0, 0.05) is 24.2 Å². The van der Waals surface area contributed by atoms with E-state index in [1.165, 1.54) is 23.2 Å². The lowest BCUT2D eigenvalue weighted by molar-refractivity contribution is 0.343. The van der Waals surface area contributed by atoms with Crippen molar-refractivity contribution in [3.63, 3.8) is 0 Å². The van der Waals surface area contributed by atoms with Gasteiger partial charge in [-0.2, -0.15) is 0 Å². The first kappa shape index (κ1) is 11.7. The van der Waals surface area contributed by atoms with Crippen LogP contribution in [0.25, 0.3) is 16.3 Å². The Labute approximate surface area is 110 Å². The summed E-state index contributed by atoms with van der Waals surface area (Å²) in [5, 5.41) is 8.82. The molecule has 0 unspecified atom stereocenters. The number of rotatable bonds is 3. The van der Waals surface area contributed by atoms with Crippen LogP contribution in [0.2, 0.25) is 0 Å². The first-order valence-corrected chi connectivity index (χ1v) is 7.11. The lowest BCUT2D eigenvalue weighted by Crippen LogP contribution is -2.17. The minimum absolute atomic E-state index is 0.0840. The van der Waals surface area contributed by atoms with Gasteiger partial charge in [0.2, 0.25) is 0 Å². The zero-order valence-corrected chi connectivity index (χ0v) is 11.0. The van der Waals surface area contributed by atoms with Gasteiger partial charge >= 0.3 is 0 Å². The molecule has 0 atom stereocenters. The van der Waals surface area contributed by atoms with Gasteiger partial charge in [0.1, 0.15) is 0 Å². The normalized spacial score (nSPS) is 16.2. The molecule has 18 heavy (non-hydrogen) atoms. The lowest BCUT2D eigenvalue weighted by Gasteiger charge is -2.17. The Kier molecular flexibility index (Phi) is 3.30. The summed E-state index contributed by atoms with van der Waals surface area (Å²) in [5.74, 6) is 0. The number of hydrogen-bond acceptors (Lipinski definition) is 4. The number of pyridine rings is 1. The molecule has 0 aliphatic carbocycles. The maximum absolute atomic E-state index is 8.82. The Morgan fingerprint density at radius 2 is 2.22 bits per heavy atom. The van der Waals surface area contributed by atoms with E-state index in [4.69, 9.17) is 5.11 Å². The Morgan fingerprint density at radius 3 is 3.00 bits per heavy atom. The highest BCUT2D eigenvalue weighted by Crippen LogP contribution is 2.34. The van der Waals surface area contributed by atoms with Crippen LogP contribution in [0.5, 0.6) is 0 Å². The first-order valence-electron chi connectivity index (χ1n) is 6.29. The molecule has 1 fully saturated rings. The molecule has 0 amide bonds.